The van der Waals surface area contributed by atoms with Gasteiger partial charge in [0, 0.05) is 26.2 Å². The zero-order valence-corrected chi connectivity index (χ0v) is 9.54. The van der Waals surface area contributed by atoms with Gasteiger partial charge in [-0.1, -0.05) is 12.8 Å². The van der Waals surface area contributed by atoms with Gasteiger partial charge in [0.1, 0.15) is 0 Å². The van der Waals surface area contributed by atoms with Gasteiger partial charge in [-0.25, -0.2) is 0 Å². The number of methoxy groups -OCH3 is 1. The van der Waals surface area contributed by atoms with E-state index >= 15 is 0 Å². The summed E-state index contributed by atoms with van der Waals surface area (Å²) in [5, 5.41) is 0. The van der Waals surface area contributed by atoms with Crippen LogP contribution in [-0.4, -0.2) is 44.8 Å². The minimum absolute atomic E-state index is 0.361. The summed E-state index contributed by atoms with van der Waals surface area (Å²) in [5.74, 6) is 0.764. The average molecular weight is 200 g/mol. The molecule has 1 fully saturated rings. The van der Waals surface area contributed by atoms with Crippen molar-refractivity contribution in [1.82, 2.24) is 4.90 Å². The third-order valence-electron chi connectivity index (χ3n) is 3.20. The first-order valence-corrected chi connectivity index (χ1v) is 5.67. The summed E-state index contributed by atoms with van der Waals surface area (Å²) in [4.78, 5) is 2.27. The molecular weight excluding hydrogens is 176 g/mol. The molecule has 0 aromatic rings. The monoisotopic (exact) mass is 200 g/mol. The standard InChI is InChI=1S/C11H24N2O/c1-13(7-8-14-2)9-11(12)10-5-3-4-6-10/h10-11H,3-9,12H2,1-2H3. The molecular formula is C11H24N2O. The Kier molecular flexibility index (Phi) is 5.45. The second-order valence-corrected chi connectivity index (χ2v) is 4.46. The van der Waals surface area contributed by atoms with E-state index in [4.69, 9.17) is 10.5 Å². The van der Waals surface area contributed by atoms with Gasteiger partial charge in [-0.05, 0) is 25.8 Å². The Morgan fingerprint density at radius 1 is 1.43 bits per heavy atom. The van der Waals surface area contributed by atoms with Crippen LogP contribution < -0.4 is 5.73 Å². The topological polar surface area (TPSA) is 38.5 Å². The fourth-order valence-corrected chi connectivity index (χ4v) is 2.23. The lowest BCUT2D eigenvalue weighted by Gasteiger charge is -2.25. The average Bonchev–Trinajstić information content (AvgIpc) is 2.67. The second kappa shape index (κ2) is 6.38. The molecule has 1 atom stereocenters. The first-order chi connectivity index (χ1) is 6.74. The SMILES string of the molecule is COCCN(C)CC(N)C1CCCC1. The molecule has 84 valence electrons. The molecule has 0 bridgehead atoms. The Morgan fingerprint density at radius 3 is 2.64 bits per heavy atom. The maximum Gasteiger partial charge on any atom is 0.0589 e. The molecule has 0 aromatic heterocycles. The van der Waals surface area contributed by atoms with Crippen LogP contribution in [0.15, 0.2) is 0 Å². The maximum absolute atomic E-state index is 6.17. The van der Waals surface area contributed by atoms with Crippen LogP contribution in [-0.2, 0) is 4.74 Å². The Morgan fingerprint density at radius 2 is 2.07 bits per heavy atom. The fraction of sp³-hybridized carbons (Fsp3) is 1.00. The molecule has 0 aromatic carbocycles. The lowest BCUT2D eigenvalue weighted by atomic mass is 9.99. The number of likely N-dealkylation sites (N-methyl/N-ethyl adjacent to an activating group) is 1. The Balaban J connectivity index is 2.14. The zero-order valence-electron chi connectivity index (χ0n) is 9.54. The molecule has 14 heavy (non-hydrogen) atoms. The molecule has 3 nitrogen and oxygen atoms in total. The summed E-state index contributed by atoms with van der Waals surface area (Å²) in [6.45, 7) is 2.79. The summed E-state index contributed by atoms with van der Waals surface area (Å²) in [6, 6.07) is 0.361. The van der Waals surface area contributed by atoms with E-state index in [2.05, 4.69) is 11.9 Å². The molecule has 0 saturated heterocycles. The highest BCUT2D eigenvalue weighted by Crippen LogP contribution is 2.26. The van der Waals surface area contributed by atoms with Crippen LogP contribution in [0.5, 0.6) is 0 Å². The van der Waals surface area contributed by atoms with E-state index < -0.39 is 0 Å². The highest BCUT2D eigenvalue weighted by atomic mass is 16.5. The van der Waals surface area contributed by atoms with Crippen molar-refractivity contribution in [2.75, 3.05) is 33.9 Å². The molecule has 1 saturated carbocycles. The van der Waals surface area contributed by atoms with Crippen molar-refractivity contribution in [2.24, 2.45) is 11.7 Å². The summed E-state index contributed by atoms with van der Waals surface area (Å²) in [6.07, 6.45) is 5.42. The highest BCUT2D eigenvalue weighted by molar-refractivity contribution is 4.79. The minimum atomic E-state index is 0.361. The molecule has 1 aliphatic rings. The molecule has 2 N–H and O–H groups in total. The van der Waals surface area contributed by atoms with Gasteiger partial charge in [0.05, 0.1) is 6.61 Å². The van der Waals surface area contributed by atoms with Crippen molar-refractivity contribution in [2.45, 2.75) is 31.7 Å². The van der Waals surface area contributed by atoms with E-state index in [0.29, 0.717) is 6.04 Å². The molecule has 0 amide bonds. The molecule has 1 aliphatic carbocycles. The second-order valence-electron chi connectivity index (χ2n) is 4.46. The number of nitrogens with two attached hydrogens (primary N) is 1. The van der Waals surface area contributed by atoms with Crippen LogP contribution >= 0.6 is 0 Å². The van der Waals surface area contributed by atoms with Gasteiger partial charge < -0.3 is 15.4 Å². The van der Waals surface area contributed by atoms with Crippen molar-refractivity contribution >= 4 is 0 Å². The first kappa shape index (κ1) is 12.0. The smallest absolute Gasteiger partial charge is 0.0589 e. The van der Waals surface area contributed by atoms with Gasteiger partial charge in [0.15, 0.2) is 0 Å². The summed E-state index contributed by atoms with van der Waals surface area (Å²) in [5.41, 5.74) is 6.17. The van der Waals surface area contributed by atoms with Crippen LogP contribution in [0.25, 0.3) is 0 Å². The molecule has 0 aliphatic heterocycles. The van der Waals surface area contributed by atoms with Crippen molar-refractivity contribution in [1.29, 1.82) is 0 Å². The largest absolute Gasteiger partial charge is 0.383 e. The van der Waals surface area contributed by atoms with Gasteiger partial charge in [-0.2, -0.15) is 0 Å². The Hall–Kier alpha value is -0.120. The van der Waals surface area contributed by atoms with Gasteiger partial charge in [-0.15, -0.1) is 0 Å². The maximum atomic E-state index is 6.17. The number of hydrogen-bond acceptors (Lipinski definition) is 3. The van der Waals surface area contributed by atoms with Crippen molar-refractivity contribution in [3.05, 3.63) is 0 Å². The normalized spacial score (nSPS) is 20.6. The fourth-order valence-electron chi connectivity index (χ4n) is 2.23. The Bertz CT molecular complexity index is 146. The van der Waals surface area contributed by atoms with E-state index in [-0.39, 0.29) is 0 Å². The quantitative estimate of drug-likeness (QED) is 0.697. The minimum Gasteiger partial charge on any atom is -0.383 e. The third kappa shape index (κ3) is 3.95. The van der Waals surface area contributed by atoms with E-state index in [9.17, 15) is 0 Å². The van der Waals surface area contributed by atoms with E-state index in [1.165, 1.54) is 25.7 Å². The van der Waals surface area contributed by atoms with Crippen molar-refractivity contribution in [3.63, 3.8) is 0 Å². The van der Waals surface area contributed by atoms with Gasteiger partial charge >= 0.3 is 0 Å². The Labute approximate surface area is 87.6 Å². The van der Waals surface area contributed by atoms with Crippen LogP contribution in [0.1, 0.15) is 25.7 Å². The number of ether oxygens (including phenoxy) is 1. The molecule has 1 rings (SSSR count). The zero-order chi connectivity index (χ0) is 10.4. The molecule has 3 heteroatoms. The predicted molar refractivity (Wildman–Crippen MR) is 59.3 cm³/mol. The van der Waals surface area contributed by atoms with Gasteiger partial charge in [0.2, 0.25) is 0 Å². The summed E-state index contributed by atoms with van der Waals surface area (Å²) in [7, 11) is 3.86. The van der Waals surface area contributed by atoms with Crippen LogP contribution in [0.2, 0.25) is 0 Å². The lowest BCUT2D eigenvalue weighted by molar-refractivity contribution is 0.153. The third-order valence-corrected chi connectivity index (χ3v) is 3.20. The molecule has 0 heterocycles. The van der Waals surface area contributed by atoms with E-state index in [1.807, 2.05) is 0 Å². The van der Waals surface area contributed by atoms with Crippen molar-refractivity contribution in [3.8, 4) is 0 Å². The number of hydrogen-bond donors (Lipinski definition) is 1. The van der Waals surface area contributed by atoms with E-state index in [0.717, 1.165) is 25.6 Å². The molecule has 0 spiro atoms. The van der Waals surface area contributed by atoms with Gasteiger partial charge in [-0.3, -0.25) is 0 Å². The first-order valence-electron chi connectivity index (χ1n) is 5.67. The van der Waals surface area contributed by atoms with E-state index in [1.54, 1.807) is 7.11 Å². The summed E-state index contributed by atoms with van der Waals surface area (Å²) < 4.78 is 5.04. The molecule has 0 radical (unpaired) electrons. The van der Waals surface area contributed by atoms with Crippen LogP contribution in [0.4, 0.5) is 0 Å². The lowest BCUT2D eigenvalue weighted by Crippen LogP contribution is -2.41. The predicted octanol–water partition coefficient (Wildman–Crippen LogP) is 1.08. The highest BCUT2D eigenvalue weighted by Gasteiger charge is 2.22. The summed E-state index contributed by atoms with van der Waals surface area (Å²) >= 11 is 0. The molecule has 1 unspecified atom stereocenters. The number of nitrogens with zero attached hydrogens (tertiary/aromatic N) is 1. The van der Waals surface area contributed by atoms with Crippen LogP contribution in [0, 0.1) is 5.92 Å². The van der Waals surface area contributed by atoms with Gasteiger partial charge in [0.25, 0.3) is 0 Å². The van der Waals surface area contributed by atoms with Crippen molar-refractivity contribution < 1.29 is 4.74 Å². The van der Waals surface area contributed by atoms with Crippen LogP contribution in [0.3, 0.4) is 0 Å². The number of rotatable bonds is 6.